The summed E-state index contributed by atoms with van der Waals surface area (Å²) < 4.78 is 20.0. The van der Waals surface area contributed by atoms with Crippen LogP contribution in [0.25, 0.3) is 0 Å². The molecule has 0 fully saturated rings. The smallest absolute Gasteiger partial charge is 0.338 e. The van der Waals surface area contributed by atoms with Gasteiger partial charge in [-0.3, -0.25) is 4.57 Å². The number of ether oxygens (including phenoxy) is 2. The molecule has 0 aliphatic rings. The van der Waals surface area contributed by atoms with Crippen LogP contribution in [0.3, 0.4) is 0 Å². The Bertz CT molecular complexity index is 546. The minimum absolute atomic E-state index is 0.00141. The van der Waals surface area contributed by atoms with Gasteiger partial charge in [0.1, 0.15) is 0 Å². The van der Waals surface area contributed by atoms with E-state index in [1.807, 2.05) is 0 Å². The fourth-order valence-corrected chi connectivity index (χ4v) is 2.21. The van der Waals surface area contributed by atoms with Gasteiger partial charge >= 0.3 is 19.5 Å². The van der Waals surface area contributed by atoms with E-state index in [0.717, 1.165) is 7.11 Å². The highest BCUT2D eigenvalue weighted by Gasteiger charge is 2.22. The molecule has 19 heavy (non-hydrogen) atoms. The minimum atomic E-state index is -4.38. The lowest BCUT2D eigenvalue weighted by molar-refractivity contribution is 0.0586. The average Bonchev–Trinajstić information content (AvgIpc) is 2.35. The number of carbonyl (C=O) groups excluding carboxylic acids is 2. The first kappa shape index (κ1) is 15.4. The number of methoxy groups -OCH3 is 2. The van der Waals surface area contributed by atoms with Gasteiger partial charge in [0.25, 0.3) is 0 Å². The first-order valence-corrected chi connectivity index (χ1v) is 6.92. The Morgan fingerprint density at radius 3 is 2.21 bits per heavy atom. The monoisotopic (exact) mass is 288 g/mol. The number of esters is 2. The Labute approximate surface area is 109 Å². The van der Waals surface area contributed by atoms with Gasteiger partial charge in [-0.1, -0.05) is 0 Å². The Morgan fingerprint density at radius 1 is 1.16 bits per heavy atom. The third-order valence-electron chi connectivity index (χ3n) is 2.31. The normalized spacial score (nSPS) is 10.9. The molecule has 1 aromatic rings. The third-order valence-corrected chi connectivity index (χ3v) is 3.06. The molecule has 104 valence electrons. The first-order chi connectivity index (χ1) is 8.78. The zero-order valence-electron chi connectivity index (χ0n) is 10.3. The van der Waals surface area contributed by atoms with Crippen molar-refractivity contribution >= 4 is 19.5 Å². The van der Waals surface area contributed by atoms with Crippen LogP contribution in [0.1, 0.15) is 26.3 Å². The second-order valence-corrected chi connectivity index (χ2v) is 5.32. The largest absolute Gasteiger partial charge is 0.465 e. The van der Waals surface area contributed by atoms with Crippen LogP contribution in [-0.2, 0) is 20.2 Å². The second-order valence-electron chi connectivity index (χ2n) is 3.68. The molecule has 0 atom stereocenters. The van der Waals surface area contributed by atoms with Crippen LogP contribution in [-0.4, -0.2) is 35.9 Å². The van der Waals surface area contributed by atoms with E-state index in [9.17, 15) is 14.2 Å². The van der Waals surface area contributed by atoms with E-state index in [0.29, 0.717) is 0 Å². The van der Waals surface area contributed by atoms with Crippen molar-refractivity contribution in [3.63, 3.8) is 0 Å². The van der Waals surface area contributed by atoms with Crippen molar-refractivity contribution in [2.24, 2.45) is 0 Å². The van der Waals surface area contributed by atoms with Gasteiger partial charge in [-0.25, -0.2) is 9.59 Å². The molecule has 0 saturated heterocycles. The topological polar surface area (TPSA) is 110 Å². The van der Waals surface area contributed by atoms with Crippen LogP contribution in [0.2, 0.25) is 0 Å². The third kappa shape index (κ3) is 4.17. The van der Waals surface area contributed by atoms with Crippen molar-refractivity contribution < 1.29 is 33.4 Å². The summed E-state index contributed by atoms with van der Waals surface area (Å²) in [4.78, 5) is 40.8. The standard InChI is InChI=1S/C11H13O7P/c1-17-10(12)7-3-4-9(11(13)18-2)8(5-7)6-19(14,15)16/h3-5H,6H2,1-2H3,(H2,14,15,16). The molecule has 0 bridgehead atoms. The molecule has 0 unspecified atom stereocenters. The second kappa shape index (κ2) is 5.97. The molecule has 0 radical (unpaired) electrons. The van der Waals surface area contributed by atoms with Gasteiger partial charge < -0.3 is 19.3 Å². The lowest BCUT2D eigenvalue weighted by Crippen LogP contribution is -2.09. The van der Waals surface area contributed by atoms with Crippen molar-refractivity contribution in [3.8, 4) is 0 Å². The van der Waals surface area contributed by atoms with E-state index >= 15 is 0 Å². The summed E-state index contributed by atoms with van der Waals surface area (Å²) in [5.41, 5.74) is 0.125. The predicted octanol–water partition coefficient (Wildman–Crippen LogP) is 0.937. The van der Waals surface area contributed by atoms with Crippen LogP contribution >= 0.6 is 7.60 Å². The Hall–Kier alpha value is -1.69. The summed E-state index contributed by atoms with van der Waals surface area (Å²) >= 11 is 0. The number of rotatable bonds is 4. The van der Waals surface area contributed by atoms with Crippen molar-refractivity contribution in [2.45, 2.75) is 6.16 Å². The zero-order chi connectivity index (χ0) is 14.6. The highest BCUT2D eigenvalue weighted by Crippen LogP contribution is 2.40. The molecule has 1 rings (SSSR count). The van der Waals surface area contributed by atoms with E-state index in [2.05, 4.69) is 9.47 Å². The zero-order valence-corrected chi connectivity index (χ0v) is 11.2. The molecule has 2 N–H and O–H groups in total. The van der Waals surface area contributed by atoms with Crippen molar-refractivity contribution in [2.75, 3.05) is 14.2 Å². The lowest BCUT2D eigenvalue weighted by atomic mass is 10.1. The maximum absolute atomic E-state index is 11.5. The van der Waals surface area contributed by atoms with Crippen molar-refractivity contribution in [1.29, 1.82) is 0 Å². The molecule has 7 nitrogen and oxygen atoms in total. The molecule has 0 aliphatic heterocycles. The average molecular weight is 288 g/mol. The quantitative estimate of drug-likeness (QED) is 0.626. The summed E-state index contributed by atoms with van der Waals surface area (Å²) in [5.74, 6) is -1.40. The molecule has 0 saturated carbocycles. The molecule has 0 heterocycles. The van der Waals surface area contributed by atoms with Gasteiger partial charge in [-0.15, -0.1) is 0 Å². The van der Waals surface area contributed by atoms with Gasteiger partial charge in [-0.05, 0) is 23.8 Å². The first-order valence-electron chi connectivity index (χ1n) is 5.12. The molecule has 0 spiro atoms. The molecular weight excluding hydrogens is 275 g/mol. The maximum atomic E-state index is 11.5. The number of hydrogen-bond donors (Lipinski definition) is 2. The fraction of sp³-hybridized carbons (Fsp3) is 0.273. The highest BCUT2D eigenvalue weighted by atomic mass is 31.2. The predicted molar refractivity (Wildman–Crippen MR) is 64.9 cm³/mol. The molecule has 1 aromatic carbocycles. The van der Waals surface area contributed by atoms with Crippen LogP contribution in [0.15, 0.2) is 18.2 Å². The minimum Gasteiger partial charge on any atom is -0.465 e. The van der Waals surface area contributed by atoms with Crippen molar-refractivity contribution in [3.05, 3.63) is 34.9 Å². The van der Waals surface area contributed by atoms with Gasteiger partial charge in [0.05, 0.1) is 31.5 Å². The number of hydrogen-bond acceptors (Lipinski definition) is 5. The Balaban J connectivity index is 3.30. The van der Waals surface area contributed by atoms with Crippen LogP contribution in [0, 0.1) is 0 Å². The molecule has 0 aliphatic carbocycles. The van der Waals surface area contributed by atoms with E-state index in [-0.39, 0.29) is 16.7 Å². The molecule has 0 amide bonds. The SMILES string of the molecule is COC(=O)c1ccc(C(=O)OC)c(CP(=O)(O)O)c1. The Morgan fingerprint density at radius 2 is 1.74 bits per heavy atom. The summed E-state index contributed by atoms with van der Waals surface area (Å²) in [6.07, 6.45) is -0.664. The molecule has 8 heteroatoms. The number of benzene rings is 1. The maximum Gasteiger partial charge on any atom is 0.338 e. The lowest BCUT2D eigenvalue weighted by Gasteiger charge is -2.10. The fourth-order valence-electron chi connectivity index (χ4n) is 1.50. The van der Waals surface area contributed by atoms with Gasteiger partial charge in [-0.2, -0.15) is 0 Å². The molecule has 0 aromatic heterocycles. The summed E-state index contributed by atoms with van der Waals surface area (Å²) in [6, 6.07) is 3.79. The highest BCUT2D eigenvalue weighted by molar-refractivity contribution is 7.50. The van der Waals surface area contributed by atoms with Gasteiger partial charge in [0.15, 0.2) is 0 Å². The van der Waals surface area contributed by atoms with Crippen LogP contribution in [0.5, 0.6) is 0 Å². The summed E-state index contributed by atoms with van der Waals surface area (Å²) in [5, 5.41) is 0. The van der Waals surface area contributed by atoms with E-state index in [1.54, 1.807) is 0 Å². The van der Waals surface area contributed by atoms with E-state index in [1.165, 1.54) is 25.3 Å². The molecular formula is C11H13O7P. The van der Waals surface area contributed by atoms with Crippen LogP contribution < -0.4 is 0 Å². The van der Waals surface area contributed by atoms with Crippen molar-refractivity contribution in [1.82, 2.24) is 0 Å². The van der Waals surface area contributed by atoms with Gasteiger partial charge in [0.2, 0.25) is 0 Å². The van der Waals surface area contributed by atoms with E-state index in [4.69, 9.17) is 9.79 Å². The van der Waals surface area contributed by atoms with Crippen LogP contribution in [0.4, 0.5) is 0 Å². The summed E-state index contributed by atoms with van der Waals surface area (Å²) in [6.45, 7) is 0. The van der Waals surface area contributed by atoms with E-state index < -0.39 is 25.7 Å². The number of carbonyl (C=O) groups is 2. The van der Waals surface area contributed by atoms with Gasteiger partial charge in [0, 0.05) is 0 Å². The summed E-state index contributed by atoms with van der Waals surface area (Å²) in [7, 11) is -2.05. The Kier molecular flexibility index (Phi) is 4.83.